The average molecular weight is 245 g/mol. The normalized spacial score (nSPS) is 18.2. The van der Waals surface area contributed by atoms with Crippen LogP contribution in [0.3, 0.4) is 0 Å². The van der Waals surface area contributed by atoms with Crippen molar-refractivity contribution in [1.82, 2.24) is 15.0 Å². The second-order valence-corrected chi connectivity index (χ2v) is 5.03. The van der Waals surface area contributed by atoms with Gasteiger partial charge in [0.2, 0.25) is 0 Å². The highest BCUT2D eigenvalue weighted by Gasteiger charge is 2.42. The molecule has 0 saturated heterocycles. The van der Waals surface area contributed by atoms with Gasteiger partial charge in [0.15, 0.2) is 5.65 Å². The largest absolute Gasteiger partial charge is 0.481 e. The van der Waals surface area contributed by atoms with E-state index < -0.39 is 11.4 Å². The standard InChI is InChI=1S/C13H15N3O2/c17-12(18)13(5-1-2-6-13)8-10-15-9-4-3-7-14-11(9)16-10/h3-4,7H,1-2,5-6,8H2,(H,17,18)(H,14,15,16). The van der Waals surface area contributed by atoms with E-state index in [0.717, 1.165) is 37.0 Å². The molecule has 0 aromatic carbocycles. The zero-order valence-electron chi connectivity index (χ0n) is 10.0. The number of rotatable bonds is 3. The summed E-state index contributed by atoms with van der Waals surface area (Å²) in [6, 6.07) is 3.74. The molecular weight excluding hydrogens is 230 g/mol. The number of H-pyrrole nitrogens is 1. The third-order valence-corrected chi connectivity index (χ3v) is 3.83. The van der Waals surface area contributed by atoms with Crippen LogP contribution in [0.5, 0.6) is 0 Å². The Morgan fingerprint density at radius 2 is 2.22 bits per heavy atom. The lowest BCUT2D eigenvalue weighted by Crippen LogP contribution is -2.30. The van der Waals surface area contributed by atoms with Gasteiger partial charge in [-0.15, -0.1) is 0 Å². The quantitative estimate of drug-likeness (QED) is 0.868. The fourth-order valence-electron chi connectivity index (χ4n) is 2.82. The van der Waals surface area contributed by atoms with Crippen molar-refractivity contribution in [2.75, 3.05) is 0 Å². The highest BCUT2D eigenvalue weighted by atomic mass is 16.4. The Bertz CT molecular complexity index is 552. The van der Waals surface area contributed by atoms with Crippen LogP contribution in [0.25, 0.3) is 11.2 Å². The lowest BCUT2D eigenvalue weighted by molar-refractivity contribution is -0.148. The van der Waals surface area contributed by atoms with Crippen LogP contribution in [-0.4, -0.2) is 26.0 Å². The van der Waals surface area contributed by atoms with Gasteiger partial charge >= 0.3 is 5.97 Å². The Kier molecular flexibility index (Phi) is 2.54. The number of aliphatic carboxylic acids is 1. The summed E-state index contributed by atoms with van der Waals surface area (Å²) in [6.45, 7) is 0. The maximum absolute atomic E-state index is 11.5. The Balaban J connectivity index is 1.93. The van der Waals surface area contributed by atoms with E-state index in [2.05, 4.69) is 15.0 Å². The lowest BCUT2D eigenvalue weighted by Gasteiger charge is -2.22. The summed E-state index contributed by atoms with van der Waals surface area (Å²) in [5.41, 5.74) is 0.894. The van der Waals surface area contributed by atoms with Gasteiger partial charge in [-0.3, -0.25) is 4.79 Å². The predicted molar refractivity (Wildman–Crippen MR) is 66.1 cm³/mol. The lowest BCUT2D eigenvalue weighted by atomic mass is 9.82. The van der Waals surface area contributed by atoms with E-state index in [-0.39, 0.29) is 0 Å². The zero-order valence-corrected chi connectivity index (χ0v) is 10.0. The summed E-state index contributed by atoms with van der Waals surface area (Å²) in [6.07, 6.45) is 5.63. The minimum atomic E-state index is -0.701. The molecule has 18 heavy (non-hydrogen) atoms. The highest BCUT2D eigenvalue weighted by Crippen LogP contribution is 2.40. The van der Waals surface area contributed by atoms with E-state index in [1.165, 1.54) is 0 Å². The fourth-order valence-corrected chi connectivity index (χ4v) is 2.82. The SMILES string of the molecule is O=C(O)C1(Cc2nc3ncccc3[nH]2)CCCC1. The number of fused-ring (bicyclic) bond motifs is 1. The number of carbonyl (C=O) groups is 1. The van der Waals surface area contributed by atoms with Gasteiger partial charge in [0.05, 0.1) is 10.9 Å². The number of nitrogens with zero attached hydrogens (tertiary/aromatic N) is 2. The van der Waals surface area contributed by atoms with Crippen molar-refractivity contribution >= 4 is 17.1 Å². The molecule has 0 bridgehead atoms. The maximum atomic E-state index is 11.5. The first-order valence-electron chi connectivity index (χ1n) is 6.23. The third kappa shape index (κ3) is 1.75. The topological polar surface area (TPSA) is 78.9 Å². The van der Waals surface area contributed by atoms with Gasteiger partial charge in [-0.2, -0.15) is 0 Å². The molecule has 1 saturated carbocycles. The van der Waals surface area contributed by atoms with Crippen LogP contribution >= 0.6 is 0 Å². The molecule has 5 heteroatoms. The molecule has 3 rings (SSSR count). The van der Waals surface area contributed by atoms with Gasteiger partial charge in [0.1, 0.15) is 5.82 Å². The van der Waals surface area contributed by atoms with Gasteiger partial charge < -0.3 is 10.1 Å². The molecular formula is C13H15N3O2. The van der Waals surface area contributed by atoms with Crippen molar-refractivity contribution in [3.8, 4) is 0 Å². The summed E-state index contributed by atoms with van der Waals surface area (Å²) >= 11 is 0. The number of hydrogen-bond donors (Lipinski definition) is 2. The van der Waals surface area contributed by atoms with Gasteiger partial charge in [0.25, 0.3) is 0 Å². The van der Waals surface area contributed by atoms with Gasteiger partial charge in [-0.25, -0.2) is 9.97 Å². The fraction of sp³-hybridized carbons (Fsp3) is 0.462. The molecule has 0 atom stereocenters. The van der Waals surface area contributed by atoms with Crippen LogP contribution in [0.4, 0.5) is 0 Å². The van der Waals surface area contributed by atoms with Crippen molar-refractivity contribution < 1.29 is 9.90 Å². The van der Waals surface area contributed by atoms with E-state index in [4.69, 9.17) is 0 Å². The number of nitrogens with one attached hydrogen (secondary N) is 1. The molecule has 94 valence electrons. The van der Waals surface area contributed by atoms with Crippen LogP contribution < -0.4 is 0 Å². The summed E-state index contributed by atoms with van der Waals surface area (Å²) in [5.74, 6) is 0.0291. The smallest absolute Gasteiger partial charge is 0.310 e. The Morgan fingerprint density at radius 1 is 1.44 bits per heavy atom. The first kappa shape index (κ1) is 11.2. The average Bonchev–Trinajstić information content (AvgIpc) is 2.95. The maximum Gasteiger partial charge on any atom is 0.310 e. The summed E-state index contributed by atoms with van der Waals surface area (Å²) in [4.78, 5) is 23.2. The number of hydrogen-bond acceptors (Lipinski definition) is 3. The second kappa shape index (κ2) is 4.08. The number of carboxylic acid groups (broad SMARTS) is 1. The van der Waals surface area contributed by atoms with E-state index in [1.54, 1.807) is 6.20 Å². The van der Waals surface area contributed by atoms with Gasteiger partial charge in [0, 0.05) is 12.6 Å². The van der Waals surface area contributed by atoms with Crippen molar-refractivity contribution in [3.05, 3.63) is 24.2 Å². The van der Waals surface area contributed by atoms with Crippen molar-refractivity contribution in [3.63, 3.8) is 0 Å². The van der Waals surface area contributed by atoms with Gasteiger partial charge in [-0.05, 0) is 25.0 Å². The monoisotopic (exact) mass is 245 g/mol. The molecule has 2 N–H and O–H groups in total. The third-order valence-electron chi connectivity index (χ3n) is 3.83. The first-order chi connectivity index (χ1) is 8.70. The number of pyridine rings is 1. The predicted octanol–water partition coefficient (Wildman–Crippen LogP) is 2.15. The van der Waals surface area contributed by atoms with Crippen LogP contribution in [-0.2, 0) is 11.2 Å². The minimum absolute atomic E-state index is 0.471. The molecule has 0 spiro atoms. The van der Waals surface area contributed by atoms with Crippen LogP contribution in [0.15, 0.2) is 18.3 Å². The molecule has 2 heterocycles. The number of imidazole rings is 1. The molecule has 1 aliphatic rings. The summed E-state index contributed by atoms with van der Waals surface area (Å²) < 4.78 is 0. The zero-order chi connectivity index (χ0) is 12.6. The highest BCUT2D eigenvalue weighted by molar-refractivity contribution is 5.76. The molecule has 0 aliphatic heterocycles. The molecule has 0 amide bonds. The number of aromatic amines is 1. The van der Waals surface area contributed by atoms with Crippen LogP contribution in [0.1, 0.15) is 31.5 Å². The van der Waals surface area contributed by atoms with E-state index >= 15 is 0 Å². The van der Waals surface area contributed by atoms with Gasteiger partial charge in [-0.1, -0.05) is 12.8 Å². The van der Waals surface area contributed by atoms with E-state index in [0.29, 0.717) is 12.1 Å². The van der Waals surface area contributed by atoms with Crippen LogP contribution in [0, 0.1) is 5.41 Å². The number of carboxylic acids is 1. The summed E-state index contributed by atoms with van der Waals surface area (Å²) in [5, 5.41) is 9.44. The molecule has 0 unspecified atom stereocenters. The molecule has 2 aromatic rings. The van der Waals surface area contributed by atoms with Crippen molar-refractivity contribution in [1.29, 1.82) is 0 Å². The summed E-state index contributed by atoms with van der Waals surface area (Å²) in [7, 11) is 0. The molecule has 1 aliphatic carbocycles. The Labute approximate surface area is 104 Å². The Hall–Kier alpha value is -1.91. The molecule has 5 nitrogen and oxygen atoms in total. The number of aromatic nitrogens is 3. The minimum Gasteiger partial charge on any atom is -0.481 e. The molecule has 1 fully saturated rings. The van der Waals surface area contributed by atoms with Crippen molar-refractivity contribution in [2.45, 2.75) is 32.1 Å². The molecule has 2 aromatic heterocycles. The Morgan fingerprint density at radius 3 is 2.89 bits per heavy atom. The molecule has 0 radical (unpaired) electrons. The second-order valence-electron chi connectivity index (χ2n) is 5.03. The van der Waals surface area contributed by atoms with Crippen molar-refractivity contribution in [2.24, 2.45) is 5.41 Å². The van der Waals surface area contributed by atoms with E-state index in [1.807, 2.05) is 12.1 Å². The first-order valence-corrected chi connectivity index (χ1v) is 6.23. The van der Waals surface area contributed by atoms with Crippen LogP contribution in [0.2, 0.25) is 0 Å². The van der Waals surface area contributed by atoms with E-state index in [9.17, 15) is 9.90 Å².